The zero-order valence-corrected chi connectivity index (χ0v) is 10.8. The lowest BCUT2D eigenvalue weighted by atomic mass is 10.0. The van der Waals surface area contributed by atoms with E-state index in [4.69, 9.17) is 5.73 Å². The molecule has 0 radical (unpaired) electrons. The van der Waals surface area contributed by atoms with Crippen LogP contribution in [-0.2, 0) is 4.79 Å². The first-order valence-corrected chi connectivity index (χ1v) is 6.06. The predicted molar refractivity (Wildman–Crippen MR) is 70.0 cm³/mol. The summed E-state index contributed by atoms with van der Waals surface area (Å²) in [5, 5.41) is 0. The van der Waals surface area contributed by atoms with E-state index in [1.807, 2.05) is 13.1 Å². The smallest absolute Gasteiger partial charge is 0.234 e. The Hall–Kier alpha value is -1.35. The van der Waals surface area contributed by atoms with Gasteiger partial charge in [0.2, 0.25) is 5.91 Å². The highest BCUT2D eigenvalue weighted by Gasteiger charge is 2.50. The van der Waals surface area contributed by atoms with Gasteiger partial charge in [0, 0.05) is 19.3 Å². The third-order valence-corrected chi connectivity index (χ3v) is 3.88. The van der Waals surface area contributed by atoms with Crippen molar-refractivity contribution in [1.29, 1.82) is 0 Å². The average Bonchev–Trinajstić information content (AvgIpc) is 3.12. The molecule has 1 aliphatic rings. The van der Waals surface area contributed by atoms with Gasteiger partial charge < -0.3 is 10.6 Å². The van der Waals surface area contributed by atoms with E-state index in [1.165, 1.54) is 11.1 Å². The molecule has 0 aliphatic heterocycles. The zero-order chi connectivity index (χ0) is 12.6. The van der Waals surface area contributed by atoms with E-state index in [2.05, 4.69) is 26.0 Å². The average molecular weight is 232 g/mol. The molecule has 92 valence electrons. The van der Waals surface area contributed by atoms with Gasteiger partial charge in [0.25, 0.3) is 0 Å². The first-order chi connectivity index (χ1) is 8.00. The number of nitrogens with two attached hydrogens (primary N) is 1. The predicted octanol–water partition coefficient (Wildman–Crippen LogP) is 2.01. The normalized spacial score (nSPS) is 16.7. The molecule has 1 saturated carbocycles. The van der Waals surface area contributed by atoms with E-state index >= 15 is 0 Å². The van der Waals surface area contributed by atoms with Gasteiger partial charge in [-0.2, -0.15) is 0 Å². The van der Waals surface area contributed by atoms with Crippen LogP contribution in [0.25, 0.3) is 0 Å². The third kappa shape index (κ3) is 2.07. The summed E-state index contributed by atoms with van der Waals surface area (Å²) in [6.45, 7) is 4.59. The Balaban J connectivity index is 2.22. The number of anilines is 1. The van der Waals surface area contributed by atoms with Crippen LogP contribution in [0.2, 0.25) is 0 Å². The van der Waals surface area contributed by atoms with Gasteiger partial charge in [0.1, 0.15) is 0 Å². The minimum absolute atomic E-state index is 0.156. The van der Waals surface area contributed by atoms with Crippen molar-refractivity contribution in [1.82, 2.24) is 0 Å². The Bertz CT molecular complexity index is 450. The van der Waals surface area contributed by atoms with Crippen LogP contribution in [0, 0.1) is 19.3 Å². The molecule has 17 heavy (non-hydrogen) atoms. The van der Waals surface area contributed by atoms with Gasteiger partial charge in [-0.05, 0) is 49.9 Å². The molecule has 1 aromatic carbocycles. The van der Waals surface area contributed by atoms with Crippen LogP contribution in [0.15, 0.2) is 18.2 Å². The molecule has 2 N–H and O–H groups in total. The summed E-state index contributed by atoms with van der Waals surface area (Å²) in [6, 6.07) is 6.10. The Morgan fingerprint density at radius 2 is 2.00 bits per heavy atom. The first-order valence-electron chi connectivity index (χ1n) is 6.06. The minimum Gasteiger partial charge on any atom is -0.329 e. The summed E-state index contributed by atoms with van der Waals surface area (Å²) in [7, 11) is 1.84. The topological polar surface area (TPSA) is 46.3 Å². The fourth-order valence-corrected chi connectivity index (χ4v) is 2.06. The highest BCUT2D eigenvalue weighted by atomic mass is 16.2. The number of rotatable bonds is 3. The molecule has 1 fully saturated rings. The van der Waals surface area contributed by atoms with Gasteiger partial charge in [0.05, 0.1) is 5.41 Å². The van der Waals surface area contributed by atoms with E-state index in [0.717, 1.165) is 18.5 Å². The maximum Gasteiger partial charge on any atom is 0.234 e. The molecule has 3 heteroatoms. The molecule has 0 bridgehead atoms. The molecule has 1 aliphatic carbocycles. The van der Waals surface area contributed by atoms with Gasteiger partial charge in [-0.25, -0.2) is 0 Å². The highest BCUT2D eigenvalue weighted by molar-refractivity contribution is 5.99. The Morgan fingerprint density at radius 3 is 2.47 bits per heavy atom. The van der Waals surface area contributed by atoms with Crippen LogP contribution in [0.4, 0.5) is 5.69 Å². The number of carbonyl (C=O) groups excluding carboxylic acids is 1. The second-order valence-electron chi connectivity index (χ2n) is 5.12. The summed E-state index contributed by atoms with van der Waals surface area (Å²) >= 11 is 0. The lowest BCUT2D eigenvalue weighted by Crippen LogP contribution is -2.38. The quantitative estimate of drug-likeness (QED) is 0.866. The van der Waals surface area contributed by atoms with Crippen molar-refractivity contribution in [2.75, 3.05) is 18.5 Å². The maximum absolute atomic E-state index is 12.3. The number of aryl methyl sites for hydroxylation is 2. The highest BCUT2D eigenvalue weighted by Crippen LogP contribution is 2.46. The van der Waals surface area contributed by atoms with Crippen molar-refractivity contribution in [2.45, 2.75) is 26.7 Å². The van der Waals surface area contributed by atoms with Crippen molar-refractivity contribution < 1.29 is 4.79 Å². The largest absolute Gasteiger partial charge is 0.329 e. The molecular weight excluding hydrogens is 212 g/mol. The summed E-state index contributed by atoms with van der Waals surface area (Å²) in [6.07, 6.45) is 1.86. The number of benzene rings is 1. The second kappa shape index (κ2) is 4.15. The number of nitrogens with zero attached hydrogens (tertiary/aromatic N) is 1. The number of amides is 1. The van der Waals surface area contributed by atoms with Crippen molar-refractivity contribution in [3.63, 3.8) is 0 Å². The lowest BCUT2D eigenvalue weighted by molar-refractivity contribution is -0.123. The van der Waals surface area contributed by atoms with E-state index < -0.39 is 0 Å². The zero-order valence-electron chi connectivity index (χ0n) is 10.8. The standard InChI is InChI=1S/C14H20N2O/c1-10-4-5-12(8-11(10)2)16(3)13(17)14(9-15)6-7-14/h4-5,8H,6-7,9,15H2,1-3H3. The van der Waals surface area contributed by atoms with Crippen molar-refractivity contribution in [3.8, 4) is 0 Å². The van der Waals surface area contributed by atoms with Crippen LogP contribution in [0.3, 0.4) is 0 Å². The molecule has 0 aromatic heterocycles. The Morgan fingerprint density at radius 1 is 1.35 bits per heavy atom. The minimum atomic E-state index is -0.270. The number of carbonyl (C=O) groups is 1. The first kappa shape index (κ1) is 12.1. The third-order valence-electron chi connectivity index (χ3n) is 3.88. The van der Waals surface area contributed by atoms with Crippen LogP contribution >= 0.6 is 0 Å². The summed E-state index contributed by atoms with van der Waals surface area (Å²) < 4.78 is 0. The fraction of sp³-hybridized carbons (Fsp3) is 0.500. The second-order valence-corrected chi connectivity index (χ2v) is 5.12. The molecule has 0 saturated heterocycles. The SMILES string of the molecule is Cc1ccc(N(C)C(=O)C2(CN)CC2)cc1C. The molecule has 0 atom stereocenters. The van der Waals surface area contributed by atoms with Crippen LogP contribution < -0.4 is 10.6 Å². The molecule has 1 aromatic rings. The molecule has 1 amide bonds. The Kier molecular flexibility index (Phi) is 2.96. The number of hydrogen-bond donors (Lipinski definition) is 1. The van der Waals surface area contributed by atoms with Gasteiger partial charge in [0.15, 0.2) is 0 Å². The van der Waals surface area contributed by atoms with Gasteiger partial charge in [-0.1, -0.05) is 6.07 Å². The molecule has 2 rings (SSSR count). The summed E-state index contributed by atoms with van der Waals surface area (Å²) in [4.78, 5) is 14.0. The van der Waals surface area contributed by atoms with Gasteiger partial charge >= 0.3 is 0 Å². The monoisotopic (exact) mass is 232 g/mol. The van der Waals surface area contributed by atoms with E-state index in [1.54, 1.807) is 4.90 Å². The van der Waals surface area contributed by atoms with Crippen LogP contribution in [0.1, 0.15) is 24.0 Å². The van der Waals surface area contributed by atoms with Crippen molar-refractivity contribution >= 4 is 11.6 Å². The van der Waals surface area contributed by atoms with E-state index in [9.17, 15) is 4.79 Å². The van der Waals surface area contributed by atoms with Gasteiger partial charge in [-0.15, -0.1) is 0 Å². The van der Waals surface area contributed by atoms with E-state index in [-0.39, 0.29) is 11.3 Å². The van der Waals surface area contributed by atoms with Crippen molar-refractivity contribution in [3.05, 3.63) is 29.3 Å². The Labute approximate surface area is 103 Å². The number of hydrogen-bond acceptors (Lipinski definition) is 2. The molecule has 0 heterocycles. The summed E-state index contributed by atoms with van der Waals surface area (Å²) in [5.74, 6) is 0.156. The van der Waals surface area contributed by atoms with E-state index in [0.29, 0.717) is 6.54 Å². The molecule has 3 nitrogen and oxygen atoms in total. The molecule has 0 spiro atoms. The van der Waals surface area contributed by atoms with Crippen molar-refractivity contribution in [2.24, 2.45) is 11.1 Å². The van der Waals surface area contributed by atoms with Crippen LogP contribution in [0.5, 0.6) is 0 Å². The lowest BCUT2D eigenvalue weighted by Gasteiger charge is -2.23. The van der Waals surface area contributed by atoms with Gasteiger partial charge in [-0.3, -0.25) is 4.79 Å². The fourth-order valence-electron chi connectivity index (χ4n) is 2.06. The maximum atomic E-state index is 12.3. The molecule has 0 unspecified atom stereocenters. The van der Waals surface area contributed by atoms with Crippen LogP contribution in [-0.4, -0.2) is 19.5 Å². The molecular formula is C14H20N2O. The summed E-state index contributed by atoms with van der Waals surface area (Å²) in [5.41, 5.74) is 8.83.